The minimum Gasteiger partial charge on any atom is -0.478 e. The van der Waals surface area contributed by atoms with Crippen LogP contribution in [0.15, 0.2) is 44.0 Å². The molecule has 11 nitrogen and oxygen atoms in total. The summed E-state index contributed by atoms with van der Waals surface area (Å²) >= 11 is 0. The molecular weight excluding hydrogens is 390 g/mol. The highest BCUT2D eigenvalue weighted by Gasteiger charge is 2.13. The number of amides is 1. The minimum absolute atomic E-state index is 0.00692. The van der Waals surface area contributed by atoms with Crippen LogP contribution in [0, 0.1) is 0 Å². The number of carboxylic acid groups (broad SMARTS) is 1. The molecule has 0 bridgehead atoms. The molecule has 1 amide bonds. The molecule has 0 radical (unpaired) electrons. The first-order valence-electron chi connectivity index (χ1n) is 8.66. The van der Waals surface area contributed by atoms with Crippen LogP contribution in [-0.2, 0) is 4.79 Å². The number of hydrogen-bond donors (Lipinski definition) is 2. The highest BCUT2D eigenvalue weighted by atomic mass is 16.4. The number of anilines is 1. The van der Waals surface area contributed by atoms with E-state index in [0.717, 1.165) is 0 Å². The quantitative estimate of drug-likeness (QED) is 0.366. The van der Waals surface area contributed by atoms with Crippen molar-refractivity contribution < 1.29 is 14.7 Å². The van der Waals surface area contributed by atoms with Gasteiger partial charge in [0, 0.05) is 25.5 Å². The van der Waals surface area contributed by atoms with Crippen LogP contribution in [0.25, 0.3) is 0 Å². The van der Waals surface area contributed by atoms with Gasteiger partial charge in [0.15, 0.2) is 11.5 Å². The van der Waals surface area contributed by atoms with Crippen molar-refractivity contribution in [2.75, 3.05) is 25.5 Å². The summed E-state index contributed by atoms with van der Waals surface area (Å²) in [6, 6.07) is 5.80. The van der Waals surface area contributed by atoms with Crippen LogP contribution in [-0.4, -0.2) is 71.8 Å². The van der Waals surface area contributed by atoms with Crippen molar-refractivity contribution in [2.24, 2.45) is 15.0 Å². The number of H-pyrrole nitrogens is 1. The highest BCUT2D eigenvalue weighted by Crippen LogP contribution is 2.23. The van der Waals surface area contributed by atoms with Crippen LogP contribution in [0.1, 0.15) is 17.3 Å². The smallest absolute Gasteiger partial charge is 0.335 e. The number of carboxylic acids is 1. The summed E-state index contributed by atoms with van der Waals surface area (Å²) in [4.78, 5) is 56.5. The molecule has 1 aromatic carbocycles. The van der Waals surface area contributed by atoms with Gasteiger partial charge in [-0.1, -0.05) is 0 Å². The molecule has 0 aliphatic rings. The maximum Gasteiger partial charge on any atom is 0.335 e. The van der Waals surface area contributed by atoms with E-state index in [9.17, 15) is 14.4 Å². The third-order valence-electron chi connectivity index (χ3n) is 3.70. The molecule has 30 heavy (non-hydrogen) atoms. The molecular formula is C19H21N7O4. The van der Waals surface area contributed by atoms with Gasteiger partial charge in [-0.3, -0.25) is 14.6 Å². The SMILES string of the molecule is C=Nc1nc(N=CN(C)C)[nH]c(=O)c1N=C(C)CN(C=O)c1ccc(C(=O)O)cc1. The summed E-state index contributed by atoms with van der Waals surface area (Å²) in [5.41, 5.74) is 0.393. The van der Waals surface area contributed by atoms with Gasteiger partial charge in [0.25, 0.3) is 5.56 Å². The number of benzene rings is 1. The molecule has 0 unspecified atom stereocenters. The van der Waals surface area contributed by atoms with Gasteiger partial charge in [-0.15, -0.1) is 0 Å². The van der Waals surface area contributed by atoms with E-state index in [2.05, 4.69) is 31.7 Å². The number of aliphatic imine (C=N–C) groups is 3. The van der Waals surface area contributed by atoms with Crippen molar-refractivity contribution >= 4 is 54.3 Å². The summed E-state index contributed by atoms with van der Waals surface area (Å²) in [5, 5.41) is 8.97. The average molecular weight is 411 g/mol. The van der Waals surface area contributed by atoms with Gasteiger partial charge in [0.2, 0.25) is 12.4 Å². The highest BCUT2D eigenvalue weighted by molar-refractivity contribution is 5.94. The minimum atomic E-state index is -1.06. The van der Waals surface area contributed by atoms with E-state index in [1.54, 1.807) is 25.9 Å². The Bertz CT molecular complexity index is 1060. The molecule has 0 spiro atoms. The van der Waals surface area contributed by atoms with Crippen molar-refractivity contribution in [3.05, 3.63) is 40.2 Å². The monoisotopic (exact) mass is 411 g/mol. The standard InChI is InChI=1S/C19H21N7O4/c1-12(9-26(11-27)14-7-5-13(6-8-14)18(29)30)22-15-16(20-2)23-19(24-17(15)28)21-10-25(3)4/h5-8,10-11H,2,9H2,1,3-4H3,(H,29,30)(H,23,24,28). The largest absolute Gasteiger partial charge is 0.478 e. The number of nitrogens with zero attached hydrogens (tertiary/aromatic N) is 6. The molecule has 2 rings (SSSR count). The van der Waals surface area contributed by atoms with Crippen molar-refractivity contribution in [3.8, 4) is 0 Å². The molecule has 2 N–H and O–H groups in total. The Kier molecular flexibility index (Phi) is 7.28. The number of aromatic amines is 1. The number of nitrogens with one attached hydrogen (secondary N) is 1. The zero-order valence-corrected chi connectivity index (χ0v) is 16.7. The predicted octanol–water partition coefficient (Wildman–Crippen LogP) is 1.78. The number of rotatable bonds is 9. The van der Waals surface area contributed by atoms with Crippen molar-refractivity contribution in [3.63, 3.8) is 0 Å². The van der Waals surface area contributed by atoms with E-state index >= 15 is 0 Å². The van der Waals surface area contributed by atoms with Crippen molar-refractivity contribution in [1.82, 2.24) is 14.9 Å². The molecule has 0 saturated carbocycles. The first-order chi connectivity index (χ1) is 14.2. The van der Waals surface area contributed by atoms with E-state index in [1.807, 2.05) is 0 Å². The van der Waals surface area contributed by atoms with Gasteiger partial charge >= 0.3 is 5.97 Å². The van der Waals surface area contributed by atoms with Gasteiger partial charge in [0.1, 0.15) is 0 Å². The number of carbonyl (C=O) groups excluding carboxylic acids is 1. The van der Waals surface area contributed by atoms with E-state index in [-0.39, 0.29) is 29.6 Å². The van der Waals surface area contributed by atoms with Crippen LogP contribution in [0.2, 0.25) is 0 Å². The maximum atomic E-state index is 12.4. The Balaban J connectivity index is 2.30. The molecule has 0 aliphatic heterocycles. The molecule has 156 valence electrons. The second kappa shape index (κ2) is 9.87. The Labute approximate surface area is 172 Å². The molecule has 0 saturated heterocycles. The van der Waals surface area contributed by atoms with Gasteiger partial charge < -0.3 is 14.9 Å². The second-order valence-electron chi connectivity index (χ2n) is 6.36. The summed E-state index contributed by atoms with van der Waals surface area (Å²) < 4.78 is 0. The number of aromatic carboxylic acids is 1. The summed E-state index contributed by atoms with van der Waals surface area (Å²) in [6.07, 6.45) is 2.06. The summed E-state index contributed by atoms with van der Waals surface area (Å²) in [6.45, 7) is 5.11. The lowest BCUT2D eigenvalue weighted by atomic mass is 10.2. The second-order valence-corrected chi connectivity index (χ2v) is 6.36. The normalized spacial score (nSPS) is 11.4. The topological polar surface area (TPSA) is 144 Å². The maximum absolute atomic E-state index is 12.4. The first-order valence-corrected chi connectivity index (χ1v) is 8.66. The fourth-order valence-electron chi connectivity index (χ4n) is 2.34. The van der Waals surface area contributed by atoms with Crippen LogP contribution in [0.3, 0.4) is 0 Å². The fourth-order valence-corrected chi connectivity index (χ4v) is 2.34. The van der Waals surface area contributed by atoms with Crippen molar-refractivity contribution in [2.45, 2.75) is 6.92 Å². The Morgan fingerprint density at radius 2 is 1.97 bits per heavy atom. The van der Waals surface area contributed by atoms with Gasteiger partial charge in [0.05, 0.1) is 18.4 Å². The molecule has 1 aromatic heterocycles. The van der Waals surface area contributed by atoms with Crippen LogP contribution in [0.4, 0.5) is 23.1 Å². The van der Waals surface area contributed by atoms with E-state index < -0.39 is 11.5 Å². The summed E-state index contributed by atoms with van der Waals surface area (Å²) in [7, 11) is 3.54. The Hall–Kier alpha value is -4.15. The lowest BCUT2D eigenvalue weighted by Gasteiger charge is -2.17. The predicted molar refractivity (Wildman–Crippen MR) is 115 cm³/mol. The van der Waals surface area contributed by atoms with Crippen molar-refractivity contribution in [1.29, 1.82) is 0 Å². The zero-order chi connectivity index (χ0) is 22.3. The van der Waals surface area contributed by atoms with Gasteiger partial charge in [-0.25, -0.2) is 19.8 Å². The first kappa shape index (κ1) is 22.1. The number of hydrogen-bond acceptors (Lipinski definition) is 7. The zero-order valence-electron chi connectivity index (χ0n) is 16.7. The van der Waals surface area contributed by atoms with Crippen LogP contribution >= 0.6 is 0 Å². The molecule has 0 fully saturated rings. The van der Waals surface area contributed by atoms with Crippen LogP contribution in [0.5, 0.6) is 0 Å². The third-order valence-corrected chi connectivity index (χ3v) is 3.70. The molecule has 2 aromatic rings. The number of carbonyl (C=O) groups is 2. The molecule has 1 heterocycles. The molecule has 11 heteroatoms. The lowest BCUT2D eigenvalue weighted by Crippen LogP contribution is -2.27. The van der Waals surface area contributed by atoms with Gasteiger partial charge in [-0.05, 0) is 37.9 Å². The van der Waals surface area contributed by atoms with Gasteiger partial charge in [-0.2, -0.15) is 4.98 Å². The Morgan fingerprint density at radius 3 is 2.50 bits per heavy atom. The van der Waals surface area contributed by atoms with E-state index in [0.29, 0.717) is 17.8 Å². The fraction of sp³-hybridized carbons (Fsp3) is 0.211. The Morgan fingerprint density at radius 1 is 1.30 bits per heavy atom. The lowest BCUT2D eigenvalue weighted by molar-refractivity contribution is -0.107. The van der Waals surface area contributed by atoms with Crippen LogP contribution < -0.4 is 10.5 Å². The third kappa shape index (κ3) is 5.67. The molecule has 0 atom stereocenters. The average Bonchev–Trinajstić information content (AvgIpc) is 2.72. The van der Waals surface area contributed by atoms with E-state index in [4.69, 9.17) is 5.11 Å². The molecule has 0 aliphatic carbocycles. The van der Waals surface area contributed by atoms with E-state index in [1.165, 1.54) is 35.5 Å². The summed E-state index contributed by atoms with van der Waals surface area (Å²) in [5.74, 6) is -1.00. The number of aromatic nitrogens is 2.